The van der Waals surface area contributed by atoms with Gasteiger partial charge < -0.3 is 25.4 Å². The van der Waals surface area contributed by atoms with Gasteiger partial charge in [-0.3, -0.25) is 9.59 Å². The number of aromatic nitrogens is 4. The molecule has 1 unspecified atom stereocenters. The van der Waals surface area contributed by atoms with Crippen LogP contribution in [0.3, 0.4) is 0 Å². The number of carbonyl (C=O) groups is 2. The quantitative estimate of drug-likeness (QED) is 0.204. The second-order valence-electron chi connectivity index (χ2n) is 12.2. The van der Waals surface area contributed by atoms with Crippen LogP contribution < -0.4 is 5.73 Å². The van der Waals surface area contributed by atoms with Gasteiger partial charge in [0.2, 0.25) is 5.91 Å². The van der Waals surface area contributed by atoms with Gasteiger partial charge in [-0.05, 0) is 82.1 Å². The van der Waals surface area contributed by atoms with Gasteiger partial charge >= 0.3 is 0 Å². The van der Waals surface area contributed by atoms with Crippen molar-refractivity contribution < 1.29 is 23.8 Å². The lowest BCUT2D eigenvalue weighted by Crippen LogP contribution is -2.43. The molecule has 11 nitrogen and oxygen atoms in total. The van der Waals surface area contributed by atoms with Gasteiger partial charge in [-0.2, -0.15) is 5.10 Å². The zero-order valence-corrected chi connectivity index (χ0v) is 26.7. The molecule has 0 spiro atoms. The van der Waals surface area contributed by atoms with Gasteiger partial charge in [-0.1, -0.05) is 30.3 Å². The number of carbonyl (C=O) groups excluding carboxylic acids is 2. The lowest BCUT2D eigenvalue weighted by molar-refractivity contribution is -0.136. The predicted molar refractivity (Wildman–Crippen MR) is 176 cm³/mol. The fourth-order valence-electron chi connectivity index (χ4n) is 6.64. The minimum Gasteiger partial charge on any atom is -0.508 e. The van der Waals surface area contributed by atoms with E-state index in [-0.39, 0.29) is 34.6 Å². The smallest absolute Gasteiger partial charge is 0.298 e. The molecular weight excluding hydrogens is 601 g/mol. The van der Waals surface area contributed by atoms with E-state index in [1.54, 1.807) is 4.68 Å². The van der Waals surface area contributed by atoms with E-state index in [2.05, 4.69) is 21.9 Å². The first-order chi connectivity index (χ1) is 22.7. The monoisotopic (exact) mass is 639 g/mol. The van der Waals surface area contributed by atoms with Gasteiger partial charge in [-0.15, -0.1) is 0 Å². The molecule has 0 bridgehead atoms. The number of rotatable bonds is 8. The third-order valence-electron chi connectivity index (χ3n) is 9.17. The molecule has 1 fully saturated rings. The second-order valence-corrected chi connectivity index (χ2v) is 12.2. The van der Waals surface area contributed by atoms with Gasteiger partial charge in [0, 0.05) is 36.2 Å². The van der Waals surface area contributed by atoms with Crippen molar-refractivity contribution in [3.05, 3.63) is 83.1 Å². The van der Waals surface area contributed by atoms with E-state index in [9.17, 15) is 19.1 Å². The maximum Gasteiger partial charge on any atom is 0.298 e. The third-order valence-corrected chi connectivity index (χ3v) is 9.17. The first-order valence-corrected chi connectivity index (χ1v) is 15.7. The van der Waals surface area contributed by atoms with Crippen molar-refractivity contribution in [3.8, 4) is 17.0 Å². The molecule has 1 amide bonds. The SMILES string of the molecule is Cc1ccccc1/C(C1=CCN(C(=O)C2CCN(C)CC2)CC1)=C(\OC=O)C(C)n1nc(-c2cc(O)cc(F)c2)c2c(N)ncnc21. The molecule has 0 saturated carbocycles. The summed E-state index contributed by atoms with van der Waals surface area (Å²) in [6, 6.07) is 10.8. The summed E-state index contributed by atoms with van der Waals surface area (Å²) >= 11 is 0. The number of hydrogen-bond donors (Lipinski definition) is 2. The fraction of sp³-hybridized carbons (Fsp3) is 0.343. The first kappa shape index (κ1) is 31.9. The third kappa shape index (κ3) is 6.33. The summed E-state index contributed by atoms with van der Waals surface area (Å²) in [6.07, 6.45) is 5.62. The number of nitrogens with zero attached hydrogens (tertiary/aromatic N) is 6. The standard InChI is InChI=1S/C35H38FN7O4/c1-21-6-4-5-7-28(21)29(23-10-14-42(15-11-23)35(46)24-8-12-41(3)13-9-24)32(47-20-44)22(2)43-34-30(33(37)38-19-39-34)31(40-43)25-16-26(36)18-27(45)17-25/h4-7,10,16-20,22,24,45H,8-9,11-15H2,1-3H3,(H2,37,38,39)/b32-29-. The molecule has 1 saturated heterocycles. The molecular formula is C35H38FN7O4. The molecule has 4 heterocycles. The highest BCUT2D eigenvalue weighted by molar-refractivity contribution is 5.98. The minimum atomic E-state index is -0.706. The zero-order valence-electron chi connectivity index (χ0n) is 26.7. The second kappa shape index (κ2) is 13.3. The lowest BCUT2D eigenvalue weighted by Gasteiger charge is -2.34. The molecule has 6 rings (SSSR count). The molecule has 2 aliphatic heterocycles. The fourth-order valence-corrected chi connectivity index (χ4v) is 6.64. The Labute approximate surface area is 272 Å². The summed E-state index contributed by atoms with van der Waals surface area (Å²) in [5.74, 6) is -0.263. The number of anilines is 1. The van der Waals surface area contributed by atoms with Crippen molar-refractivity contribution in [3.63, 3.8) is 0 Å². The van der Waals surface area contributed by atoms with Crippen LogP contribution in [-0.4, -0.2) is 80.3 Å². The van der Waals surface area contributed by atoms with Crippen LogP contribution in [0.2, 0.25) is 0 Å². The van der Waals surface area contributed by atoms with Crippen LogP contribution in [-0.2, 0) is 14.3 Å². The maximum atomic E-state index is 14.4. The Morgan fingerprint density at radius 1 is 1.15 bits per heavy atom. The Hall–Kier alpha value is -5.10. The number of aryl methyl sites for hydroxylation is 1. The number of fused-ring (bicyclic) bond motifs is 1. The molecule has 2 aromatic heterocycles. The Kier molecular flexibility index (Phi) is 9.04. The van der Waals surface area contributed by atoms with E-state index < -0.39 is 11.9 Å². The summed E-state index contributed by atoms with van der Waals surface area (Å²) < 4.78 is 21.8. The largest absolute Gasteiger partial charge is 0.508 e. The van der Waals surface area contributed by atoms with Crippen molar-refractivity contribution in [2.75, 3.05) is 39.0 Å². The van der Waals surface area contributed by atoms with Crippen LogP contribution >= 0.6 is 0 Å². The van der Waals surface area contributed by atoms with E-state index in [4.69, 9.17) is 15.6 Å². The predicted octanol–water partition coefficient (Wildman–Crippen LogP) is 4.87. The van der Waals surface area contributed by atoms with E-state index >= 15 is 0 Å². The molecule has 0 radical (unpaired) electrons. The Bertz CT molecular complexity index is 1870. The summed E-state index contributed by atoms with van der Waals surface area (Å²) in [4.78, 5) is 38.3. The summed E-state index contributed by atoms with van der Waals surface area (Å²) in [5, 5.41) is 15.3. The molecule has 4 aromatic rings. The number of allylic oxidation sites excluding steroid dienone is 2. The van der Waals surface area contributed by atoms with Crippen molar-refractivity contribution in [1.82, 2.24) is 29.5 Å². The number of phenolic OH excluding ortho intramolecular Hbond substituents is 1. The van der Waals surface area contributed by atoms with E-state index in [1.807, 2.05) is 49.1 Å². The number of piperidine rings is 1. The van der Waals surface area contributed by atoms with E-state index in [0.29, 0.717) is 42.8 Å². The molecule has 3 N–H and O–H groups in total. The average molecular weight is 640 g/mol. The summed E-state index contributed by atoms with van der Waals surface area (Å²) in [7, 11) is 2.08. The molecule has 2 aliphatic rings. The van der Waals surface area contributed by atoms with Crippen molar-refractivity contribution in [2.24, 2.45) is 5.92 Å². The molecule has 1 atom stereocenters. The topological polar surface area (TPSA) is 140 Å². The van der Waals surface area contributed by atoms with Crippen molar-refractivity contribution >= 4 is 34.8 Å². The number of benzene rings is 2. The number of halogens is 1. The van der Waals surface area contributed by atoms with Gasteiger partial charge in [0.25, 0.3) is 6.47 Å². The van der Waals surface area contributed by atoms with Crippen molar-refractivity contribution in [2.45, 2.75) is 39.2 Å². The van der Waals surface area contributed by atoms with Crippen LogP contribution in [0.1, 0.15) is 43.4 Å². The number of nitrogen functional groups attached to an aromatic ring is 1. The maximum absolute atomic E-state index is 14.4. The van der Waals surface area contributed by atoms with Crippen LogP contribution in [0.5, 0.6) is 5.75 Å². The highest BCUT2D eigenvalue weighted by atomic mass is 19.1. The normalized spacial score (nSPS) is 17.3. The number of likely N-dealkylation sites (tertiary alicyclic amines) is 1. The van der Waals surface area contributed by atoms with Crippen molar-refractivity contribution in [1.29, 1.82) is 0 Å². The van der Waals surface area contributed by atoms with Crippen LogP contribution in [0.4, 0.5) is 10.2 Å². The zero-order chi connectivity index (χ0) is 33.2. The summed E-state index contributed by atoms with van der Waals surface area (Å²) in [5.41, 5.74) is 10.7. The minimum absolute atomic E-state index is 0.0261. The van der Waals surface area contributed by atoms with Crippen LogP contribution in [0, 0.1) is 18.7 Å². The number of amides is 1. The average Bonchev–Trinajstić information content (AvgIpc) is 3.46. The Balaban J connectivity index is 1.46. The van der Waals surface area contributed by atoms with Gasteiger partial charge in [0.15, 0.2) is 5.65 Å². The van der Waals surface area contributed by atoms with Gasteiger partial charge in [0.05, 0.1) is 5.39 Å². The molecule has 12 heteroatoms. The number of phenols is 1. The Morgan fingerprint density at radius 3 is 2.60 bits per heavy atom. The number of aromatic hydroxyl groups is 1. The molecule has 244 valence electrons. The first-order valence-electron chi connectivity index (χ1n) is 15.7. The summed E-state index contributed by atoms with van der Waals surface area (Å²) in [6.45, 7) is 7.02. The molecule has 2 aromatic carbocycles. The highest BCUT2D eigenvalue weighted by Crippen LogP contribution is 2.40. The van der Waals surface area contributed by atoms with Gasteiger partial charge in [-0.25, -0.2) is 19.0 Å². The number of nitrogens with two attached hydrogens (primary N) is 1. The van der Waals surface area contributed by atoms with Gasteiger partial charge in [0.1, 0.15) is 41.2 Å². The van der Waals surface area contributed by atoms with Crippen LogP contribution in [0.25, 0.3) is 27.9 Å². The van der Waals surface area contributed by atoms with Crippen LogP contribution in [0.15, 0.2) is 66.2 Å². The lowest BCUT2D eigenvalue weighted by atomic mass is 9.87. The van der Waals surface area contributed by atoms with E-state index in [1.165, 1.54) is 18.5 Å². The molecule has 0 aliphatic carbocycles. The number of hydrogen-bond acceptors (Lipinski definition) is 9. The Morgan fingerprint density at radius 2 is 1.91 bits per heavy atom. The highest BCUT2D eigenvalue weighted by Gasteiger charge is 2.32. The van der Waals surface area contributed by atoms with E-state index in [0.717, 1.165) is 54.3 Å². The number of ether oxygens (including phenoxy) is 1. The molecule has 47 heavy (non-hydrogen) atoms.